The average molecular weight is 467 g/mol. The lowest BCUT2D eigenvalue weighted by Crippen LogP contribution is -2.49. The fourth-order valence-electron chi connectivity index (χ4n) is 12.1. The van der Waals surface area contributed by atoms with E-state index in [2.05, 4.69) is 13.8 Å². The summed E-state index contributed by atoms with van der Waals surface area (Å²) >= 11 is 0. The Labute approximate surface area is 213 Å². The number of rotatable bonds is 9. The fourth-order valence-corrected chi connectivity index (χ4v) is 12.1. The first-order valence-corrected chi connectivity index (χ1v) is 16.6. The van der Waals surface area contributed by atoms with Crippen LogP contribution >= 0.6 is 0 Å². The lowest BCUT2D eigenvalue weighted by Gasteiger charge is -2.59. The molecule has 0 N–H and O–H groups in total. The van der Waals surface area contributed by atoms with Gasteiger partial charge in [-0.15, -0.1) is 0 Å². The van der Waals surface area contributed by atoms with Crippen molar-refractivity contribution in [3.05, 3.63) is 0 Å². The third-order valence-electron chi connectivity index (χ3n) is 13.4. The Hall–Kier alpha value is 0. The van der Waals surface area contributed by atoms with Crippen molar-refractivity contribution in [3.8, 4) is 0 Å². The van der Waals surface area contributed by atoms with E-state index in [0.717, 1.165) is 64.6 Å². The molecule has 0 heteroatoms. The molecule has 0 radical (unpaired) electrons. The maximum atomic E-state index is 2.70. The van der Waals surface area contributed by atoms with Gasteiger partial charge in [0.25, 0.3) is 0 Å². The Kier molecular flexibility index (Phi) is 7.45. The Morgan fingerprint density at radius 2 is 1.32 bits per heavy atom. The molecule has 0 saturated heterocycles. The molecule has 7 rings (SSSR count). The van der Waals surface area contributed by atoms with Gasteiger partial charge in [0.05, 0.1) is 0 Å². The van der Waals surface area contributed by atoms with Crippen molar-refractivity contribution in [1.82, 2.24) is 0 Å². The average Bonchev–Trinajstić information content (AvgIpc) is 3.32. The molecule has 0 spiro atoms. The van der Waals surface area contributed by atoms with Gasteiger partial charge < -0.3 is 0 Å². The highest BCUT2D eigenvalue weighted by atomic mass is 14.6. The van der Waals surface area contributed by atoms with Crippen molar-refractivity contribution < 1.29 is 0 Å². The first kappa shape index (κ1) is 24.3. The fraction of sp³-hybridized carbons (Fsp3) is 1.00. The van der Waals surface area contributed by atoms with E-state index in [0.29, 0.717) is 0 Å². The summed E-state index contributed by atoms with van der Waals surface area (Å²) in [5.41, 5.74) is 0.834. The van der Waals surface area contributed by atoms with Crippen LogP contribution in [0.25, 0.3) is 0 Å². The van der Waals surface area contributed by atoms with Gasteiger partial charge in [-0.2, -0.15) is 0 Å². The molecule has 0 aromatic carbocycles. The van der Waals surface area contributed by atoms with Crippen LogP contribution in [0.15, 0.2) is 0 Å². The van der Waals surface area contributed by atoms with Crippen LogP contribution in [0.3, 0.4) is 0 Å². The highest BCUT2D eigenvalue weighted by Gasteiger charge is 2.55. The summed E-state index contributed by atoms with van der Waals surface area (Å²) in [5.74, 6) is 11.0. The molecule has 4 bridgehead atoms. The number of fused-ring (bicyclic) bond motifs is 1. The summed E-state index contributed by atoms with van der Waals surface area (Å²) in [6.07, 6.45) is 33.1. The zero-order chi connectivity index (χ0) is 23.1. The predicted molar refractivity (Wildman–Crippen MR) is 146 cm³/mol. The molecule has 0 aromatic rings. The normalized spacial score (nSPS) is 49.9. The summed E-state index contributed by atoms with van der Waals surface area (Å²) in [5, 5.41) is 0. The molecule has 0 aromatic heterocycles. The molecular formula is C34H58. The second-order valence-electron chi connectivity index (χ2n) is 15.3. The minimum atomic E-state index is 0.834. The molecule has 7 atom stereocenters. The summed E-state index contributed by atoms with van der Waals surface area (Å²) in [6.45, 7) is 5.07. The molecule has 7 aliphatic rings. The van der Waals surface area contributed by atoms with E-state index in [1.807, 2.05) is 0 Å². The van der Waals surface area contributed by atoms with E-state index in [4.69, 9.17) is 0 Å². The molecule has 0 nitrogen and oxygen atoms in total. The summed E-state index contributed by atoms with van der Waals surface area (Å²) in [6, 6.07) is 0. The smallest absolute Gasteiger partial charge is 0.0261 e. The van der Waals surface area contributed by atoms with Gasteiger partial charge in [0, 0.05) is 0 Å². The van der Waals surface area contributed by atoms with Gasteiger partial charge >= 0.3 is 0 Å². The van der Waals surface area contributed by atoms with Crippen molar-refractivity contribution in [2.45, 2.75) is 149 Å². The van der Waals surface area contributed by atoms with Gasteiger partial charge in [-0.05, 0) is 142 Å². The van der Waals surface area contributed by atoms with Crippen molar-refractivity contribution in [1.29, 1.82) is 0 Å². The van der Waals surface area contributed by atoms with Crippen molar-refractivity contribution >= 4 is 0 Å². The maximum Gasteiger partial charge on any atom is -0.0261 e. The molecule has 194 valence electrons. The molecule has 0 aliphatic heterocycles. The lowest BCUT2D eigenvalue weighted by atomic mass is 9.46. The van der Waals surface area contributed by atoms with Crippen molar-refractivity contribution in [2.75, 3.05) is 0 Å². The van der Waals surface area contributed by atoms with Crippen molar-refractivity contribution in [2.24, 2.45) is 64.6 Å². The predicted octanol–water partition coefficient (Wildman–Crippen LogP) is 10.4. The zero-order valence-electron chi connectivity index (χ0n) is 23.1. The van der Waals surface area contributed by atoms with Crippen LogP contribution in [0.1, 0.15) is 149 Å². The van der Waals surface area contributed by atoms with Crippen LogP contribution in [-0.4, -0.2) is 0 Å². The van der Waals surface area contributed by atoms with E-state index >= 15 is 0 Å². The van der Waals surface area contributed by atoms with Gasteiger partial charge in [-0.1, -0.05) is 71.6 Å². The minimum absolute atomic E-state index is 0.834. The SMILES string of the molecule is CCCCCCC1CC(CCC2CCC(C34CC5CC(CC(C5)C3)C4)C2)C(C)C2CCCCC12. The van der Waals surface area contributed by atoms with Gasteiger partial charge in [-0.25, -0.2) is 0 Å². The van der Waals surface area contributed by atoms with Crippen LogP contribution in [0.4, 0.5) is 0 Å². The van der Waals surface area contributed by atoms with E-state index < -0.39 is 0 Å². The first-order chi connectivity index (χ1) is 16.6. The number of unbranched alkanes of at least 4 members (excludes halogenated alkanes) is 3. The molecule has 7 unspecified atom stereocenters. The third kappa shape index (κ3) is 4.80. The Balaban J connectivity index is 1.03. The molecule has 7 fully saturated rings. The molecule has 0 heterocycles. The molecule has 0 amide bonds. The lowest BCUT2D eigenvalue weighted by molar-refractivity contribution is -0.0866. The highest BCUT2D eigenvalue weighted by molar-refractivity contribution is 5.05. The summed E-state index contributed by atoms with van der Waals surface area (Å²) < 4.78 is 0. The van der Waals surface area contributed by atoms with E-state index in [-0.39, 0.29) is 0 Å². The van der Waals surface area contributed by atoms with E-state index in [1.165, 1.54) is 38.5 Å². The maximum absolute atomic E-state index is 2.70. The highest BCUT2D eigenvalue weighted by Crippen LogP contribution is 2.65. The largest absolute Gasteiger partial charge is 0.0654 e. The Morgan fingerprint density at radius 1 is 0.618 bits per heavy atom. The van der Waals surface area contributed by atoms with E-state index in [9.17, 15) is 0 Å². The van der Waals surface area contributed by atoms with Gasteiger partial charge in [0.15, 0.2) is 0 Å². The summed E-state index contributed by atoms with van der Waals surface area (Å²) in [4.78, 5) is 0. The molecule has 7 aliphatic carbocycles. The minimum Gasteiger partial charge on any atom is -0.0654 e. The van der Waals surface area contributed by atoms with Crippen molar-refractivity contribution in [3.63, 3.8) is 0 Å². The van der Waals surface area contributed by atoms with E-state index in [1.54, 1.807) is 96.3 Å². The first-order valence-electron chi connectivity index (χ1n) is 16.6. The van der Waals surface area contributed by atoms with Gasteiger partial charge in [0.2, 0.25) is 0 Å². The van der Waals surface area contributed by atoms with Crippen LogP contribution < -0.4 is 0 Å². The van der Waals surface area contributed by atoms with Gasteiger partial charge in [0.1, 0.15) is 0 Å². The molecule has 34 heavy (non-hydrogen) atoms. The molecular weight excluding hydrogens is 408 g/mol. The number of hydrogen-bond acceptors (Lipinski definition) is 0. The third-order valence-corrected chi connectivity index (χ3v) is 13.4. The monoisotopic (exact) mass is 466 g/mol. The number of hydrogen-bond donors (Lipinski definition) is 0. The van der Waals surface area contributed by atoms with Crippen LogP contribution in [-0.2, 0) is 0 Å². The Bertz CT molecular complexity index is 626. The van der Waals surface area contributed by atoms with Gasteiger partial charge in [-0.3, -0.25) is 0 Å². The Morgan fingerprint density at radius 3 is 2.03 bits per heavy atom. The zero-order valence-corrected chi connectivity index (χ0v) is 23.1. The second kappa shape index (κ2) is 10.4. The summed E-state index contributed by atoms with van der Waals surface area (Å²) in [7, 11) is 0. The second-order valence-corrected chi connectivity index (χ2v) is 15.3. The van der Waals surface area contributed by atoms with Crippen LogP contribution in [0.5, 0.6) is 0 Å². The topological polar surface area (TPSA) is 0 Å². The molecule has 7 saturated carbocycles. The standard InChI is InChI=1S/C34H58/c1-3-4-5-6-9-30-20-29(24(2)32-10-7-8-11-33(30)32)14-12-25-13-15-31(19-25)34-21-26-16-27(22-34)18-28(17-26)23-34/h24-33H,3-23H2,1-2H3. The van der Waals surface area contributed by atoms with Crippen LogP contribution in [0, 0.1) is 64.6 Å². The van der Waals surface area contributed by atoms with Crippen LogP contribution in [0.2, 0.25) is 0 Å². The quantitative estimate of drug-likeness (QED) is 0.296.